The predicted octanol–water partition coefficient (Wildman–Crippen LogP) is 2.62. The summed E-state index contributed by atoms with van der Waals surface area (Å²) in [5, 5.41) is 18.6. The number of hydrogen-bond acceptors (Lipinski definition) is 2. The number of carboxylic acids is 2. The van der Waals surface area contributed by atoms with Crippen LogP contribution >= 0.6 is 0 Å². The highest BCUT2D eigenvalue weighted by atomic mass is 16.4. The summed E-state index contributed by atoms with van der Waals surface area (Å²) in [5.74, 6) is -3.53. The van der Waals surface area contributed by atoms with Gasteiger partial charge < -0.3 is 10.2 Å². The van der Waals surface area contributed by atoms with E-state index in [1.807, 2.05) is 0 Å². The van der Waals surface area contributed by atoms with Gasteiger partial charge in [-0.25, -0.2) is 0 Å². The Hall–Kier alpha value is -1.06. The Morgan fingerprint density at radius 3 is 1.88 bits per heavy atom. The molecule has 1 aliphatic carbocycles. The maximum Gasteiger partial charge on any atom is 0.307 e. The van der Waals surface area contributed by atoms with Crippen molar-refractivity contribution in [3.63, 3.8) is 0 Å². The van der Waals surface area contributed by atoms with Crippen LogP contribution in [0.4, 0.5) is 0 Å². The standard InChI is InChI=1S/C13H22O4/c1-8(2)10(12(14)15)11(13(16)17)9-6-4-3-5-7-9/h8-11H,3-7H2,1-2H3,(H,14,15)(H,16,17). The van der Waals surface area contributed by atoms with E-state index in [1.54, 1.807) is 13.8 Å². The molecule has 1 fully saturated rings. The number of aliphatic carboxylic acids is 2. The van der Waals surface area contributed by atoms with Gasteiger partial charge in [0.15, 0.2) is 0 Å². The first kappa shape index (κ1) is 14.0. The maximum atomic E-state index is 11.4. The molecule has 0 amide bonds. The van der Waals surface area contributed by atoms with Crippen LogP contribution in [0.25, 0.3) is 0 Å². The second-order valence-electron chi connectivity index (χ2n) is 5.37. The highest BCUT2D eigenvalue weighted by Gasteiger charge is 2.41. The summed E-state index contributed by atoms with van der Waals surface area (Å²) in [7, 11) is 0. The third-order valence-electron chi connectivity index (χ3n) is 3.83. The zero-order valence-corrected chi connectivity index (χ0v) is 10.6. The van der Waals surface area contributed by atoms with Crippen LogP contribution in [0.1, 0.15) is 46.0 Å². The van der Waals surface area contributed by atoms with Crippen molar-refractivity contribution in [3.8, 4) is 0 Å². The lowest BCUT2D eigenvalue weighted by atomic mass is 9.71. The lowest BCUT2D eigenvalue weighted by Crippen LogP contribution is -2.39. The monoisotopic (exact) mass is 242 g/mol. The zero-order chi connectivity index (χ0) is 13.0. The van der Waals surface area contributed by atoms with Crippen molar-refractivity contribution in [2.75, 3.05) is 0 Å². The Morgan fingerprint density at radius 1 is 1.00 bits per heavy atom. The highest BCUT2D eigenvalue weighted by Crippen LogP contribution is 2.37. The minimum Gasteiger partial charge on any atom is -0.481 e. The van der Waals surface area contributed by atoms with E-state index in [9.17, 15) is 19.8 Å². The smallest absolute Gasteiger partial charge is 0.307 e. The van der Waals surface area contributed by atoms with Gasteiger partial charge in [-0.3, -0.25) is 9.59 Å². The minimum absolute atomic E-state index is 0.0322. The Labute approximate surface area is 102 Å². The van der Waals surface area contributed by atoms with Crippen molar-refractivity contribution in [1.29, 1.82) is 0 Å². The van der Waals surface area contributed by atoms with E-state index >= 15 is 0 Å². The van der Waals surface area contributed by atoms with Gasteiger partial charge in [0.25, 0.3) is 0 Å². The summed E-state index contributed by atoms with van der Waals surface area (Å²) in [5.41, 5.74) is 0. The fourth-order valence-electron chi connectivity index (χ4n) is 3.00. The number of rotatable bonds is 5. The second-order valence-corrected chi connectivity index (χ2v) is 5.37. The highest BCUT2D eigenvalue weighted by molar-refractivity contribution is 5.80. The summed E-state index contributed by atoms with van der Waals surface area (Å²) in [6, 6.07) is 0. The predicted molar refractivity (Wildman–Crippen MR) is 63.7 cm³/mol. The van der Waals surface area contributed by atoms with E-state index in [0.29, 0.717) is 0 Å². The molecule has 2 N–H and O–H groups in total. The molecule has 0 aromatic heterocycles. The molecule has 0 heterocycles. The van der Waals surface area contributed by atoms with Crippen LogP contribution in [0.5, 0.6) is 0 Å². The molecule has 0 saturated heterocycles. The molecule has 0 spiro atoms. The van der Waals surface area contributed by atoms with Gasteiger partial charge >= 0.3 is 11.9 Å². The largest absolute Gasteiger partial charge is 0.481 e. The molecule has 2 unspecified atom stereocenters. The van der Waals surface area contributed by atoms with Crippen molar-refractivity contribution < 1.29 is 19.8 Å². The van der Waals surface area contributed by atoms with Gasteiger partial charge in [0.2, 0.25) is 0 Å². The molecule has 1 aliphatic rings. The van der Waals surface area contributed by atoms with E-state index in [4.69, 9.17) is 0 Å². The summed E-state index contributed by atoms with van der Waals surface area (Å²) in [6.45, 7) is 3.58. The Kier molecular flexibility index (Phi) is 4.97. The van der Waals surface area contributed by atoms with Crippen LogP contribution in [-0.2, 0) is 9.59 Å². The molecule has 0 bridgehead atoms. The fraction of sp³-hybridized carbons (Fsp3) is 0.846. The Morgan fingerprint density at radius 2 is 1.53 bits per heavy atom. The topological polar surface area (TPSA) is 74.6 Å². The van der Waals surface area contributed by atoms with E-state index in [2.05, 4.69) is 0 Å². The maximum absolute atomic E-state index is 11.4. The van der Waals surface area contributed by atoms with Crippen LogP contribution in [0.15, 0.2) is 0 Å². The SMILES string of the molecule is CC(C)C(C(=O)O)C(C(=O)O)C1CCCCC1. The van der Waals surface area contributed by atoms with Gasteiger partial charge in [0.1, 0.15) is 0 Å². The van der Waals surface area contributed by atoms with E-state index in [0.717, 1.165) is 32.1 Å². The number of hydrogen-bond donors (Lipinski definition) is 2. The first-order chi connectivity index (χ1) is 7.95. The van der Waals surface area contributed by atoms with Crippen molar-refractivity contribution in [2.45, 2.75) is 46.0 Å². The number of carboxylic acid groups (broad SMARTS) is 2. The Bertz CT molecular complexity index is 279. The third-order valence-corrected chi connectivity index (χ3v) is 3.83. The fourth-order valence-corrected chi connectivity index (χ4v) is 3.00. The lowest BCUT2D eigenvalue weighted by Gasteiger charge is -2.32. The molecule has 0 aromatic carbocycles. The molecular weight excluding hydrogens is 220 g/mol. The van der Waals surface area contributed by atoms with Gasteiger partial charge in [0, 0.05) is 0 Å². The van der Waals surface area contributed by atoms with Gasteiger partial charge in [-0.15, -0.1) is 0 Å². The van der Waals surface area contributed by atoms with Crippen LogP contribution in [0.3, 0.4) is 0 Å². The molecular formula is C13H22O4. The molecule has 17 heavy (non-hydrogen) atoms. The molecule has 0 aliphatic heterocycles. The quantitative estimate of drug-likeness (QED) is 0.777. The average molecular weight is 242 g/mol. The average Bonchev–Trinajstić information content (AvgIpc) is 2.25. The van der Waals surface area contributed by atoms with Crippen LogP contribution in [-0.4, -0.2) is 22.2 Å². The molecule has 0 aromatic rings. The zero-order valence-electron chi connectivity index (χ0n) is 10.6. The van der Waals surface area contributed by atoms with Crippen LogP contribution in [0, 0.1) is 23.7 Å². The van der Waals surface area contributed by atoms with Gasteiger partial charge in [-0.2, -0.15) is 0 Å². The summed E-state index contributed by atoms with van der Waals surface area (Å²) in [4.78, 5) is 22.7. The first-order valence-corrected chi connectivity index (χ1v) is 6.40. The molecule has 4 heteroatoms. The van der Waals surface area contributed by atoms with Crippen molar-refractivity contribution in [2.24, 2.45) is 23.7 Å². The molecule has 1 rings (SSSR count). The molecule has 98 valence electrons. The lowest BCUT2D eigenvalue weighted by molar-refractivity contribution is -0.158. The summed E-state index contributed by atoms with van der Waals surface area (Å²) in [6.07, 6.45) is 4.90. The number of carbonyl (C=O) groups is 2. The molecule has 2 atom stereocenters. The van der Waals surface area contributed by atoms with Crippen LogP contribution < -0.4 is 0 Å². The minimum atomic E-state index is -0.974. The van der Waals surface area contributed by atoms with Crippen molar-refractivity contribution in [3.05, 3.63) is 0 Å². The molecule has 1 saturated carbocycles. The second kappa shape index (κ2) is 6.03. The van der Waals surface area contributed by atoms with E-state index in [1.165, 1.54) is 0 Å². The van der Waals surface area contributed by atoms with E-state index < -0.39 is 23.8 Å². The molecule has 4 nitrogen and oxygen atoms in total. The van der Waals surface area contributed by atoms with Crippen molar-refractivity contribution >= 4 is 11.9 Å². The summed E-state index contributed by atoms with van der Waals surface area (Å²) >= 11 is 0. The van der Waals surface area contributed by atoms with Crippen molar-refractivity contribution in [1.82, 2.24) is 0 Å². The van der Waals surface area contributed by atoms with Crippen LogP contribution in [0.2, 0.25) is 0 Å². The summed E-state index contributed by atoms with van der Waals surface area (Å²) < 4.78 is 0. The van der Waals surface area contributed by atoms with Gasteiger partial charge in [-0.1, -0.05) is 33.1 Å². The molecule has 0 radical (unpaired) electrons. The van der Waals surface area contributed by atoms with Gasteiger partial charge in [-0.05, 0) is 24.7 Å². The Balaban J connectivity index is 2.89. The third kappa shape index (κ3) is 3.45. The normalized spacial score (nSPS) is 21.1. The first-order valence-electron chi connectivity index (χ1n) is 6.40. The van der Waals surface area contributed by atoms with E-state index in [-0.39, 0.29) is 11.8 Å². The van der Waals surface area contributed by atoms with Gasteiger partial charge in [0.05, 0.1) is 11.8 Å².